The topological polar surface area (TPSA) is 98.7 Å². The average Bonchev–Trinajstić information content (AvgIpc) is 2.40. The van der Waals surface area contributed by atoms with E-state index in [0.717, 1.165) is 0 Å². The van der Waals surface area contributed by atoms with E-state index in [9.17, 15) is 14.7 Å². The molecule has 0 aliphatic rings. The maximum absolute atomic E-state index is 11.7. The minimum absolute atomic E-state index is 0.00257. The van der Waals surface area contributed by atoms with E-state index in [4.69, 9.17) is 16.7 Å². The van der Waals surface area contributed by atoms with E-state index in [-0.39, 0.29) is 34.6 Å². The van der Waals surface area contributed by atoms with Crippen molar-refractivity contribution >= 4 is 29.2 Å². The lowest BCUT2D eigenvalue weighted by Gasteiger charge is -2.15. The van der Waals surface area contributed by atoms with Crippen LogP contribution in [0.15, 0.2) is 18.2 Å². The molecule has 0 saturated carbocycles. The maximum Gasteiger partial charge on any atom is 0.335 e. The number of amides is 1. The number of hydrogen-bond donors (Lipinski definition) is 4. The molecular weight excluding hydrogens is 296 g/mol. The molecule has 1 rings (SSSR count). The Kier molecular flexibility index (Phi) is 6.61. The highest BCUT2D eigenvalue weighted by molar-refractivity contribution is 6.33. The Morgan fingerprint density at radius 1 is 1.33 bits per heavy atom. The van der Waals surface area contributed by atoms with E-state index >= 15 is 0 Å². The smallest absolute Gasteiger partial charge is 0.335 e. The quantitative estimate of drug-likeness (QED) is 0.612. The zero-order valence-electron chi connectivity index (χ0n) is 11.9. The molecule has 0 radical (unpaired) electrons. The minimum atomic E-state index is -1.10. The lowest BCUT2D eigenvalue weighted by Crippen LogP contribution is -2.35. The Bertz CT molecular complexity index is 520. The monoisotopic (exact) mass is 314 g/mol. The molecule has 1 atom stereocenters. The second kappa shape index (κ2) is 7.97. The van der Waals surface area contributed by atoms with Crippen molar-refractivity contribution in [3.05, 3.63) is 28.8 Å². The van der Waals surface area contributed by atoms with E-state index < -0.39 is 12.1 Å². The molecule has 0 aliphatic heterocycles. The number of benzene rings is 1. The Hall–Kier alpha value is -1.63. The van der Waals surface area contributed by atoms with Gasteiger partial charge >= 0.3 is 5.97 Å². The van der Waals surface area contributed by atoms with E-state index in [1.807, 2.05) is 13.8 Å². The summed E-state index contributed by atoms with van der Waals surface area (Å²) in [4.78, 5) is 22.6. The van der Waals surface area contributed by atoms with Gasteiger partial charge in [0, 0.05) is 6.54 Å². The van der Waals surface area contributed by atoms with Crippen molar-refractivity contribution in [1.82, 2.24) is 5.32 Å². The predicted molar refractivity (Wildman–Crippen MR) is 80.8 cm³/mol. The van der Waals surface area contributed by atoms with Crippen LogP contribution in [0.1, 0.15) is 24.2 Å². The van der Waals surface area contributed by atoms with Gasteiger partial charge in [0.15, 0.2) is 0 Å². The van der Waals surface area contributed by atoms with Crippen molar-refractivity contribution in [1.29, 1.82) is 0 Å². The molecule has 116 valence electrons. The predicted octanol–water partition coefficient (Wildman–Crippen LogP) is 1.58. The van der Waals surface area contributed by atoms with E-state index in [1.165, 1.54) is 18.2 Å². The summed E-state index contributed by atoms with van der Waals surface area (Å²) in [5.41, 5.74) is 0.283. The second-order valence-electron chi connectivity index (χ2n) is 4.99. The highest BCUT2D eigenvalue weighted by atomic mass is 35.5. The van der Waals surface area contributed by atoms with E-state index in [1.54, 1.807) is 0 Å². The highest BCUT2D eigenvalue weighted by Crippen LogP contribution is 2.22. The first-order valence-electron chi connectivity index (χ1n) is 6.52. The summed E-state index contributed by atoms with van der Waals surface area (Å²) in [5.74, 6) is -1.36. The molecule has 0 heterocycles. The highest BCUT2D eigenvalue weighted by Gasteiger charge is 2.12. The number of aliphatic hydroxyl groups is 1. The molecule has 1 aromatic rings. The molecule has 0 saturated heterocycles. The zero-order chi connectivity index (χ0) is 16.0. The molecule has 0 fully saturated rings. The second-order valence-corrected chi connectivity index (χ2v) is 5.40. The number of rotatable bonds is 7. The number of hydrogen-bond acceptors (Lipinski definition) is 4. The van der Waals surface area contributed by atoms with Crippen LogP contribution >= 0.6 is 11.6 Å². The van der Waals surface area contributed by atoms with Gasteiger partial charge in [-0.05, 0) is 24.1 Å². The van der Waals surface area contributed by atoms with Gasteiger partial charge in [-0.15, -0.1) is 0 Å². The zero-order valence-corrected chi connectivity index (χ0v) is 12.6. The number of carboxylic acid groups (broad SMARTS) is 1. The fourth-order valence-electron chi connectivity index (χ4n) is 1.52. The normalized spacial score (nSPS) is 12.2. The fourth-order valence-corrected chi connectivity index (χ4v) is 1.68. The van der Waals surface area contributed by atoms with Crippen LogP contribution in [-0.4, -0.2) is 41.3 Å². The summed E-state index contributed by atoms with van der Waals surface area (Å²) >= 11 is 5.90. The third kappa shape index (κ3) is 5.71. The fraction of sp³-hybridized carbons (Fsp3) is 0.429. The summed E-state index contributed by atoms with van der Waals surface area (Å²) in [7, 11) is 0. The number of aliphatic hydroxyl groups excluding tert-OH is 1. The van der Waals surface area contributed by atoms with Gasteiger partial charge in [0.05, 0.1) is 28.9 Å². The standard InChI is InChI=1S/C14H19ClN2O4/c1-8(2)12(18)6-16-7-13(19)17-11-5-9(14(20)21)3-4-10(11)15/h3-5,8,12,16,18H,6-7H2,1-2H3,(H,17,19)(H,20,21). The van der Waals surface area contributed by atoms with Gasteiger partial charge in [0.2, 0.25) is 5.91 Å². The van der Waals surface area contributed by atoms with Gasteiger partial charge in [-0.3, -0.25) is 4.79 Å². The van der Waals surface area contributed by atoms with Gasteiger partial charge in [-0.1, -0.05) is 25.4 Å². The number of carbonyl (C=O) groups is 2. The molecular formula is C14H19ClN2O4. The van der Waals surface area contributed by atoms with Crippen LogP contribution in [0.2, 0.25) is 5.02 Å². The SMILES string of the molecule is CC(C)C(O)CNCC(=O)Nc1cc(C(=O)O)ccc1Cl. The molecule has 1 unspecified atom stereocenters. The van der Waals surface area contributed by atoms with Gasteiger partial charge in [0.25, 0.3) is 0 Å². The van der Waals surface area contributed by atoms with E-state index in [0.29, 0.717) is 6.54 Å². The van der Waals surface area contributed by atoms with Crippen LogP contribution < -0.4 is 10.6 Å². The van der Waals surface area contributed by atoms with Gasteiger partial charge in [-0.2, -0.15) is 0 Å². The number of anilines is 1. The van der Waals surface area contributed by atoms with Gasteiger partial charge < -0.3 is 20.8 Å². The summed E-state index contributed by atoms with van der Waals surface area (Å²) in [5, 5.41) is 24.1. The Labute approximate surface area is 128 Å². The van der Waals surface area contributed by atoms with Crippen LogP contribution in [0.5, 0.6) is 0 Å². The number of aromatic carboxylic acids is 1. The number of carboxylic acids is 1. The molecule has 4 N–H and O–H groups in total. The number of halogens is 1. The van der Waals surface area contributed by atoms with Crippen LogP contribution in [0, 0.1) is 5.92 Å². The lowest BCUT2D eigenvalue weighted by molar-refractivity contribution is -0.115. The minimum Gasteiger partial charge on any atom is -0.478 e. The summed E-state index contributed by atoms with van der Waals surface area (Å²) in [6, 6.07) is 4.07. The van der Waals surface area contributed by atoms with Crippen LogP contribution in [0.3, 0.4) is 0 Å². The molecule has 0 bridgehead atoms. The van der Waals surface area contributed by atoms with Gasteiger partial charge in [-0.25, -0.2) is 4.79 Å². The number of nitrogens with one attached hydrogen (secondary N) is 2. The van der Waals surface area contributed by atoms with Crippen molar-refractivity contribution in [2.24, 2.45) is 5.92 Å². The van der Waals surface area contributed by atoms with Crippen LogP contribution in [0.4, 0.5) is 5.69 Å². The van der Waals surface area contributed by atoms with Crippen molar-refractivity contribution in [3.8, 4) is 0 Å². The van der Waals surface area contributed by atoms with Crippen molar-refractivity contribution < 1.29 is 19.8 Å². The Balaban J connectivity index is 2.55. The molecule has 1 amide bonds. The third-order valence-electron chi connectivity index (χ3n) is 2.90. The van der Waals surface area contributed by atoms with Crippen LogP contribution in [-0.2, 0) is 4.79 Å². The summed E-state index contributed by atoms with van der Waals surface area (Å²) in [6.07, 6.45) is -0.531. The molecule has 6 nitrogen and oxygen atoms in total. The maximum atomic E-state index is 11.7. The Morgan fingerprint density at radius 2 is 2.00 bits per heavy atom. The van der Waals surface area contributed by atoms with Crippen molar-refractivity contribution in [2.75, 3.05) is 18.4 Å². The number of carbonyl (C=O) groups excluding carboxylic acids is 1. The summed E-state index contributed by atoms with van der Waals surface area (Å²) < 4.78 is 0. The molecule has 21 heavy (non-hydrogen) atoms. The lowest BCUT2D eigenvalue weighted by atomic mass is 10.1. The first kappa shape index (κ1) is 17.4. The molecule has 7 heteroatoms. The van der Waals surface area contributed by atoms with E-state index in [2.05, 4.69) is 10.6 Å². The first-order valence-corrected chi connectivity index (χ1v) is 6.90. The van der Waals surface area contributed by atoms with Crippen molar-refractivity contribution in [3.63, 3.8) is 0 Å². The molecule has 0 aliphatic carbocycles. The average molecular weight is 315 g/mol. The largest absolute Gasteiger partial charge is 0.478 e. The van der Waals surface area contributed by atoms with Crippen LogP contribution in [0.25, 0.3) is 0 Å². The van der Waals surface area contributed by atoms with Crippen molar-refractivity contribution in [2.45, 2.75) is 20.0 Å². The summed E-state index contributed by atoms with van der Waals surface area (Å²) in [6.45, 7) is 4.05. The molecule has 0 spiro atoms. The van der Waals surface area contributed by atoms with Gasteiger partial charge in [0.1, 0.15) is 0 Å². The molecule has 0 aromatic heterocycles. The molecule has 1 aromatic carbocycles. The third-order valence-corrected chi connectivity index (χ3v) is 3.23. The first-order chi connectivity index (χ1) is 9.81. The Morgan fingerprint density at radius 3 is 2.57 bits per heavy atom.